The number of anilines is 1. The zero-order valence-electron chi connectivity index (χ0n) is 13.4. The van der Waals surface area contributed by atoms with Gasteiger partial charge in [0.15, 0.2) is 16.4 Å². The standard InChI is InChI=1S/C16H17NO5S3/c1-25(20,21)14-6-2-4-12(8-14)17-15(18)9-22-16(19)11-23-10-13-5-3-7-24-13/h2-8H,9-11H2,1H3,(H,17,18). The number of esters is 1. The Morgan fingerprint density at radius 1 is 1.24 bits per heavy atom. The van der Waals surface area contributed by atoms with Crippen molar-refractivity contribution in [3.05, 3.63) is 46.7 Å². The van der Waals surface area contributed by atoms with E-state index in [0.29, 0.717) is 5.69 Å². The van der Waals surface area contributed by atoms with Crippen molar-refractivity contribution >= 4 is 50.5 Å². The quantitative estimate of drug-likeness (QED) is 0.686. The molecule has 2 aromatic rings. The lowest BCUT2D eigenvalue weighted by Crippen LogP contribution is -2.21. The Kier molecular flexibility index (Phi) is 7.03. The molecule has 0 aliphatic carbocycles. The first-order chi connectivity index (χ1) is 11.8. The van der Waals surface area contributed by atoms with Crippen molar-refractivity contribution in [1.29, 1.82) is 0 Å². The summed E-state index contributed by atoms with van der Waals surface area (Å²) in [5.41, 5.74) is 0.330. The fraction of sp³-hybridized carbons (Fsp3) is 0.250. The van der Waals surface area contributed by atoms with E-state index in [2.05, 4.69) is 5.32 Å². The number of thioether (sulfide) groups is 1. The first kappa shape index (κ1) is 19.5. The van der Waals surface area contributed by atoms with Crippen molar-refractivity contribution in [3.63, 3.8) is 0 Å². The maximum atomic E-state index is 11.8. The predicted molar refractivity (Wildman–Crippen MR) is 99.6 cm³/mol. The molecule has 0 aliphatic rings. The van der Waals surface area contributed by atoms with Crippen LogP contribution in [0.15, 0.2) is 46.7 Å². The second-order valence-electron chi connectivity index (χ2n) is 5.08. The van der Waals surface area contributed by atoms with Crippen molar-refractivity contribution in [3.8, 4) is 0 Å². The lowest BCUT2D eigenvalue weighted by molar-refractivity contribution is -0.144. The minimum absolute atomic E-state index is 0.104. The van der Waals surface area contributed by atoms with Crippen LogP contribution < -0.4 is 5.32 Å². The first-order valence-electron chi connectivity index (χ1n) is 7.20. The van der Waals surface area contributed by atoms with Gasteiger partial charge in [0, 0.05) is 22.6 Å². The molecule has 0 fully saturated rings. The molecule has 0 atom stereocenters. The first-order valence-corrected chi connectivity index (χ1v) is 11.1. The molecule has 0 bridgehead atoms. The van der Waals surface area contributed by atoms with E-state index in [0.717, 1.165) is 12.0 Å². The fourth-order valence-electron chi connectivity index (χ4n) is 1.82. The summed E-state index contributed by atoms with van der Waals surface area (Å²) in [6.07, 6.45) is 1.09. The van der Waals surface area contributed by atoms with E-state index < -0.39 is 28.3 Å². The minimum atomic E-state index is -3.35. The maximum Gasteiger partial charge on any atom is 0.316 e. The SMILES string of the molecule is CS(=O)(=O)c1cccc(NC(=O)COC(=O)CSCc2cccs2)c1. The molecule has 25 heavy (non-hydrogen) atoms. The highest BCUT2D eigenvalue weighted by atomic mass is 32.2. The molecule has 1 N–H and O–H groups in total. The Labute approximate surface area is 154 Å². The highest BCUT2D eigenvalue weighted by Crippen LogP contribution is 2.17. The summed E-state index contributed by atoms with van der Waals surface area (Å²) in [6, 6.07) is 9.81. The van der Waals surface area contributed by atoms with Gasteiger partial charge in [-0.3, -0.25) is 9.59 Å². The van der Waals surface area contributed by atoms with Crippen LogP contribution in [0.3, 0.4) is 0 Å². The molecule has 0 radical (unpaired) electrons. The van der Waals surface area contributed by atoms with Crippen molar-refractivity contribution in [1.82, 2.24) is 0 Å². The van der Waals surface area contributed by atoms with Gasteiger partial charge < -0.3 is 10.1 Å². The Bertz CT molecular complexity index is 831. The number of hydrogen-bond donors (Lipinski definition) is 1. The molecule has 0 saturated heterocycles. The second kappa shape index (κ2) is 9.02. The van der Waals surface area contributed by atoms with Gasteiger partial charge in [-0.15, -0.1) is 23.1 Å². The van der Waals surface area contributed by atoms with Crippen molar-refractivity contribution in [2.24, 2.45) is 0 Å². The van der Waals surface area contributed by atoms with Crippen LogP contribution in [0.4, 0.5) is 5.69 Å². The van der Waals surface area contributed by atoms with Crippen LogP contribution in [0.5, 0.6) is 0 Å². The Morgan fingerprint density at radius 3 is 2.72 bits per heavy atom. The van der Waals surface area contributed by atoms with E-state index in [1.807, 2.05) is 17.5 Å². The fourth-order valence-corrected chi connectivity index (χ4v) is 4.15. The van der Waals surface area contributed by atoms with E-state index >= 15 is 0 Å². The van der Waals surface area contributed by atoms with Gasteiger partial charge in [0.05, 0.1) is 10.6 Å². The van der Waals surface area contributed by atoms with Gasteiger partial charge in [-0.25, -0.2) is 8.42 Å². The summed E-state index contributed by atoms with van der Waals surface area (Å²) < 4.78 is 27.9. The van der Waals surface area contributed by atoms with Gasteiger partial charge in [-0.2, -0.15) is 0 Å². The molecule has 9 heteroatoms. The molecule has 134 valence electrons. The third-order valence-electron chi connectivity index (χ3n) is 2.95. The molecule has 1 aromatic heterocycles. The molecule has 2 rings (SSSR count). The van der Waals surface area contributed by atoms with Crippen LogP contribution in [0.1, 0.15) is 4.88 Å². The molecule has 1 heterocycles. The number of ether oxygens (including phenoxy) is 1. The second-order valence-corrected chi connectivity index (χ2v) is 9.11. The molecular formula is C16H17NO5S3. The van der Waals surface area contributed by atoms with E-state index in [1.54, 1.807) is 17.4 Å². The zero-order chi connectivity index (χ0) is 18.3. The lowest BCUT2D eigenvalue weighted by atomic mass is 10.3. The number of rotatable bonds is 8. The summed E-state index contributed by atoms with van der Waals surface area (Å²) in [5.74, 6) is -0.115. The van der Waals surface area contributed by atoms with Crippen molar-refractivity contribution in [2.75, 3.05) is 23.9 Å². The number of amides is 1. The number of carbonyl (C=O) groups is 2. The Balaban J connectivity index is 1.74. The smallest absolute Gasteiger partial charge is 0.316 e. The average molecular weight is 400 g/mol. The monoisotopic (exact) mass is 399 g/mol. The van der Waals surface area contributed by atoms with Crippen molar-refractivity contribution < 1.29 is 22.7 Å². The predicted octanol–water partition coefficient (Wildman–Crippen LogP) is 2.57. The van der Waals surface area contributed by atoms with E-state index in [1.165, 1.54) is 34.8 Å². The van der Waals surface area contributed by atoms with E-state index in [4.69, 9.17) is 4.74 Å². The third kappa shape index (κ3) is 6.89. The maximum absolute atomic E-state index is 11.8. The van der Waals surface area contributed by atoms with Gasteiger partial charge in [0.2, 0.25) is 0 Å². The number of benzene rings is 1. The van der Waals surface area contributed by atoms with Crippen LogP contribution in [0.2, 0.25) is 0 Å². The Morgan fingerprint density at radius 2 is 2.04 bits per heavy atom. The number of hydrogen-bond acceptors (Lipinski definition) is 7. The summed E-state index contributed by atoms with van der Waals surface area (Å²) in [7, 11) is -3.35. The van der Waals surface area contributed by atoms with Gasteiger partial charge in [0.25, 0.3) is 5.91 Å². The van der Waals surface area contributed by atoms with Gasteiger partial charge in [-0.05, 0) is 29.6 Å². The molecule has 1 amide bonds. The molecule has 6 nitrogen and oxygen atoms in total. The summed E-state index contributed by atoms with van der Waals surface area (Å²) >= 11 is 3.03. The number of sulfone groups is 1. The normalized spacial score (nSPS) is 11.1. The summed E-state index contributed by atoms with van der Waals surface area (Å²) in [4.78, 5) is 24.7. The molecular weight excluding hydrogens is 382 g/mol. The van der Waals surface area contributed by atoms with Gasteiger partial charge in [0.1, 0.15) is 0 Å². The topological polar surface area (TPSA) is 89.5 Å². The molecule has 0 saturated carbocycles. The largest absolute Gasteiger partial charge is 0.455 e. The zero-order valence-corrected chi connectivity index (χ0v) is 15.9. The minimum Gasteiger partial charge on any atom is -0.455 e. The van der Waals surface area contributed by atoms with Crippen LogP contribution in [-0.2, 0) is 29.9 Å². The van der Waals surface area contributed by atoms with Gasteiger partial charge >= 0.3 is 5.97 Å². The van der Waals surface area contributed by atoms with Crippen LogP contribution in [0, 0.1) is 0 Å². The van der Waals surface area contributed by atoms with Crippen LogP contribution >= 0.6 is 23.1 Å². The summed E-state index contributed by atoms with van der Waals surface area (Å²) in [6.45, 7) is -0.415. The third-order valence-corrected chi connectivity index (χ3v) is 6.08. The molecule has 0 spiro atoms. The van der Waals surface area contributed by atoms with Gasteiger partial charge in [-0.1, -0.05) is 12.1 Å². The van der Waals surface area contributed by atoms with Crippen LogP contribution in [0.25, 0.3) is 0 Å². The average Bonchev–Trinajstić information content (AvgIpc) is 3.06. The number of nitrogens with one attached hydrogen (secondary N) is 1. The number of carbonyl (C=O) groups excluding carboxylic acids is 2. The van der Waals surface area contributed by atoms with Crippen LogP contribution in [-0.4, -0.2) is 38.9 Å². The number of thiophene rings is 1. The molecule has 0 aliphatic heterocycles. The van der Waals surface area contributed by atoms with Crippen molar-refractivity contribution in [2.45, 2.75) is 10.6 Å². The highest BCUT2D eigenvalue weighted by Gasteiger charge is 2.11. The Hall–Kier alpha value is -1.84. The van der Waals surface area contributed by atoms with E-state index in [9.17, 15) is 18.0 Å². The highest BCUT2D eigenvalue weighted by molar-refractivity contribution is 7.99. The summed E-state index contributed by atoms with van der Waals surface area (Å²) in [5, 5.41) is 4.47. The lowest BCUT2D eigenvalue weighted by Gasteiger charge is -2.07. The molecule has 1 aromatic carbocycles. The van der Waals surface area contributed by atoms with E-state index in [-0.39, 0.29) is 10.6 Å². The molecule has 0 unspecified atom stereocenters.